The van der Waals surface area contributed by atoms with E-state index < -0.39 is 5.79 Å². The summed E-state index contributed by atoms with van der Waals surface area (Å²) < 4.78 is 5.17. The first-order valence-corrected chi connectivity index (χ1v) is 5.26. The van der Waals surface area contributed by atoms with Gasteiger partial charge in [-0.2, -0.15) is 0 Å². The Balaban J connectivity index is 2.64. The molecule has 0 aliphatic carbocycles. The van der Waals surface area contributed by atoms with Crippen molar-refractivity contribution >= 4 is 16.5 Å². The fourth-order valence-electron chi connectivity index (χ4n) is 1.81. The minimum atomic E-state index is -1.14. The third kappa shape index (κ3) is 1.33. The van der Waals surface area contributed by atoms with E-state index in [1.807, 2.05) is 47.7 Å². The zero-order chi connectivity index (χ0) is 9.69. The molecule has 0 saturated heterocycles. The zero-order valence-corrected chi connectivity index (χ0v) is 9.76. The van der Waals surface area contributed by atoms with E-state index in [1.165, 1.54) is 0 Å². The second-order valence-corrected chi connectivity index (χ2v) is 5.67. The SMILES string of the molecule is CC1(O)O[C](C)([Ge])c2ccccc21. The maximum absolute atomic E-state index is 9.96. The summed E-state index contributed by atoms with van der Waals surface area (Å²) >= 11 is 1.97. The summed E-state index contributed by atoms with van der Waals surface area (Å²) in [6, 6.07) is 7.78. The maximum atomic E-state index is 9.96. The van der Waals surface area contributed by atoms with Gasteiger partial charge in [0.15, 0.2) is 0 Å². The van der Waals surface area contributed by atoms with Crippen LogP contribution in [-0.4, -0.2) is 21.6 Å². The molecular weight excluding hydrogens is 225 g/mol. The van der Waals surface area contributed by atoms with E-state index in [1.54, 1.807) is 6.92 Å². The Kier molecular flexibility index (Phi) is 1.84. The van der Waals surface area contributed by atoms with Crippen LogP contribution in [0.5, 0.6) is 0 Å². The Hall–Kier alpha value is -0.317. The molecule has 1 aliphatic heterocycles. The molecule has 0 bridgehead atoms. The molecule has 0 saturated carbocycles. The number of fused-ring (bicyclic) bond motifs is 1. The van der Waals surface area contributed by atoms with Gasteiger partial charge in [0.05, 0.1) is 0 Å². The number of hydrogen-bond acceptors (Lipinski definition) is 2. The number of rotatable bonds is 0. The molecular formula is C10H11GeO2. The standard InChI is InChI=1S/C10H11GeO2/c1-9(11)7-5-3-4-6-8(7)10(2,12)13-9/h3-6,12H,1-2H3. The molecule has 2 rings (SSSR count). The van der Waals surface area contributed by atoms with E-state index in [-0.39, 0.29) is 4.43 Å². The van der Waals surface area contributed by atoms with E-state index in [0.29, 0.717) is 0 Å². The van der Waals surface area contributed by atoms with Gasteiger partial charge < -0.3 is 0 Å². The molecule has 1 N–H and O–H groups in total. The van der Waals surface area contributed by atoms with Crippen LogP contribution in [0.3, 0.4) is 0 Å². The summed E-state index contributed by atoms with van der Waals surface area (Å²) in [6.45, 7) is 3.65. The van der Waals surface area contributed by atoms with Gasteiger partial charge in [0.2, 0.25) is 0 Å². The molecule has 2 atom stereocenters. The number of ether oxygens (including phenoxy) is 1. The van der Waals surface area contributed by atoms with Crippen molar-refractivity contribution in [2.45, 2.75) is 24.1 Å². The second-order valence-electron chi connectivity index (χ2n) is 3.66. The summed E-state index contributed by atoms with van der Waals surface area (Å²) in [7, 11) is 0. The van der Waals surface area contributed by atoms with E-state index >= 15 is 0 Å². The molecule has 0 aromatic heterocycles. The van der Waals surface area contributed by atoms with Gasteiger partial charge in [-0.1, -0.05) is 0 Å². The molecule has 2 unspecified atom stereocenters. The first kappa shape index (κ1) is 9.25. The monoisotopic (exact) mass is 237 g/mol. The molecule has 0 amide bonds. The van der Waals surface area contributed by atoms with Gasteiger partial charge in [-0.3, -0.25) is 0 Å². The number of benzene rings is 1. The molecule has 67 valence electrons. The Morgan fingerprint density at radius 3 is 2.31 bits per heavy atom. The van der Waals surface area contributed by atoms with E-state index in [2.05, 4.69) is 0 Å². The fourth-order valence-corrected chi connectivity index (χ4v) is 2.69. The summed E-state index contributed by atoms with van der Waals surface area (Å²) in [4.78, 5) is 0. The van der Waals surface area contributed by atoms with Crippen molar-refractivity contribution in [1.29, 1.82) is 0 Å². The van der Waals surface area contributed by atoms with Crippen LogP contribution < -0.4 is 0 Å². The zero-order valence-electron chi connectivity index (χ0n) is 7.66. The van der Waals surface area contributed by atoms with Crippen molar-refractivity contribution < 1.29 is 9.84 Å². The van der Waals surface area contributed by atoms with Crippen LogP contribution in [0.15, 0.2) is 24.3 Å². The molecule has 1 aromatic carbocycles. The summed E-state index contributed by atoms with van der Waals surface area (Å²) in [5, 5.41) is 9.96. The number of aliphatic hydroxyl groups is 1. The molecule has 1 aliphatic rings. The topological polar surface area (TPSA) is 29.5 Å². The van der Waals surface area contributed by atoms with Gasteiger partial charge in [0, 0.05) is 0 Å². The normalized spacial score (nSPS) is 37.5. The van der Waals surface area contributed by atoms with Gasteiger partial charge in [-0.25, -0.2) is 0 Å². The predicted molar refractivity (Wildman–Crippen MR) is 50.2 cm³/mol. The molecule has 3 radical (unpaired) electrons. The first-order chi connectivity index (χ1) is 5.93. The van der Waals surface area contributed by atoms with Crippen LogP contribution in [0.2, 0.25) is 0 Å². The average molecular weight is 236 g/mol. The molecule has 0 fully saturated rings. The van der Waals surface area contributed by atoms with Crippen molar-refractivity contribution in [3.8, 4) is 0 Å². The Morgan fingerprint density at radius 2 is 1.77 bits per heavy atom. The Labute approximate surface area is 86.1 Å². The van der Waals surface area contributed by atoms with Crippen LogP contribution in [0, 0.1) is 0 Å². The third-order valence-corrected chi connectivity index (χ3v) is 3.12. The minimum absolute atomic E-state index is 0.389. The van der Waals surface area contributed by atoms with Gasteiger partial charge in [-0.05, 0) is 0 Å². The molecule has 2 nitrogen and oxygen atoms in total. The predicted octanol–water partition coefficient (Wildman–Crippen LogP) is 1.22. The summed E-state index contributed by atoms with van der Waals surface area (Å²) in [5.74, 6) is -1.14. The molecule has 13 heavy (non-hydrogen) atoms. The molecule has 3 heteroatoms. The van der Waals surface area contributed by atoms with Crippen LogP contribution in [-0.2, 0) is 15.0 Å². The number of hydrogen-bond donors (Lipinski definition) is 1. The molecule has 1 heterocycles. The van der Waals surface area contributed by atoms with Crippen LogP contribution in [0.4, 0.5) is 0 Å². The molecule has 0 spiro atoms. The van der Waals surface area contributed by atoms with E-state index in [4.69, 9.17) is 4.74 Å². The third-order valence-electron chi connectivity index (χ3n) is 2.34. The van der Waals surface area contributed by atoms with Gasteiger partial charge >= 0.3 is 85.8 Å². The summed E-state index contributed by atoms with van der Waals surface area (Å²) in [6.07, 6.45) is 0. The van der Waals surface area contributed by atoms with E-state index in [9.17, 15) is 5.11 Å². The van der Waals surface area contributed by atoms with Crippen LogP contribution in [0.1, 0.15) is 25.0 Å². The summed E-state index contributed by atoms with van der Waals surface area (Å²) in [5.41, 5.74) is 1.94. The van der Waals surface area contributed by atoms with Crippen molar-refractivity contribution in [2.24, 2.45) is 0 Å². The average Bonchev–Trinajstić information content (AvgIpc) is 2.20. The Morgan fingerprint density at radius 1 is 1.23 bits per heavy atom. The van der Waals surface area contributed by atoms with Crippen molar-refractivity contribution in [3.05, 3.63) is 35.4 Å². The molecule has 1 aromatic rings. The van der Waals surface area contributed by atoms with E-state index in [0.717, 1.165) is 11.1 Å². The van der Waals surface area contributed by atoms with Crippen molar-refractivity contribution in [1.82, 2.24) is 0 Å². The van der Waals surface area contributed by atoms with Gasteiger partial charge in [0.1, 0.15) is 0 Å². The second kappa shape index (κ2) is 2.59. The van der Waals surface area contributed by atoms with Crippen molar-refractivity contribution in [2.75, 3.05) is 0 Å². The fraction of sp³-hybridized carbons (Fsp3) is 0.400. The van der Waals surface area contributed by atoms with Crippen molar-refractivity contribution in [3.63, 3.8) is 0 Å². The van der Waals surface area contributed by atoms with Gasteiger partial charge in [-0.15, -0.1) is 0 Å². The Bertz CT molecular complexity index is 312. The van der Waals surface area contributed by atoms with Crippen LogP contribution >= 0.6 is 0 Å². The van der Waals surface area contributed by atoms with Gasteiger partial charge in [0.25, 0.3) is 0 Å². The van der Waals surface area contributed by atoms with Crippen LogP contribution in [0.25, 0.3) is 0 Å². The quantitative estimate of drug-likeness (QED) is 0.686. The first-order valence-electron chi connectivity index (χ1n) is 4.21.